The Morgan fingerprint density at radius 1 is 1.36 bits per heavy atom. The topological polar surface area (TPSA) is 49.7 Å². The summed E-state index contributed by atoms with van der Waals surface area (Å²) in [7, 11) is -1.91. The van der Waals surface area contributed by atoms with Crippen LogP contribution < -0.4 is 4.65 Å². The lowest BCUT2D eigenvalue weighted by Gasteiger charge is -2.02. The second kappa shape index (κ2) is 3.36. The highest BCUT2D eigenvalue weighted by atomic mass is 19.1. The zero-order valence-electron chi connectivity index (χ0n) is 5.57. The Morgan fingerprint density at radius 3 is 2.64 bits per heavy atom. The van der Waals surface area contributed by atoms with Crippen LogP contribution in [0.4, 0.5) is 4.39 Å². The lowest BCUT2D eigenvalue weighted by atomic mass is 10.2. The number of benzene rings is 1. The van der Waals surface area contributed by atoms with E-state index in [1.165, 1.54) is 18.2 Å². The van der Waals surface area contributed by atoms with Gasteiger partial charge in [-0.05, 0) is 12.1 Å². The molecule has 0 saturated heterocycles. The molecule has 2 N–H and O–H groups in total. The molecule has 0 aliphatic carbocycles. The van der Waals surface area contributed by atoms with E-state index in [1.807, 2.05) is 0 Å². The summed E-state index contributed by atoms with van der Waals surface area (Å²) in [5.41, 5.74) is 0. The number of hydrogen-bond acceptors (Lipinski definition) is 3. The standard InChI is InChI=1S/C6H6BFO3/c8-5-2-1-3-6(4-5)11-7(9)10/h1-4,9-10H. The Labute approximate surface area is 63.2 Å². The molecule has 1 aromatic rings. The molecule has 0 aliphatic rings. The van der Waals surface area contributed by atoms with E-state index in [0.717, 1.165) is 6.07 Å². The van der Waals surface area contributed by atoms with Crippen LogP contribution in [0.2, 0.25) is 0 Å². The molecule has 11 heavy (non-hydrogen) atoms. The highest BCUT2D eigenvalue weighted by Gasteiger charge is 2.10. The summed E-state index contributed by atoms with van der Waals surface area (Å²) < 4.78 is 16.7. The van der Waals surface area contributed by atoms with Crippen molar-refractivity contribution >= 4 is 7.32 Å². The van der Waals surface area contributed by atoms with E-state index in [9.17, 15) is 4.39 Å². The molecular weight excluding hydrogens is 150 g/mol. The van der Waals surface area contributed by atoms with Crippen LogP contribution in [0.15, 0.2) is 24.3 Å². The Balaban J connectivity index is 2.71. The quantitative estimate of drug-likeness (QED) is 0.600. The van der Waals surface area contributed by atoms with Crippen LogP contribution in [0.1, 0.15) is 0 Å². The molecule has 0 atom stereocenters. The third-order valence-electron chi connectivity index (χ3n) is 1.04. The minimum absolute atomic E-state index is 0.0833. The lowest BCUT2D eigenvalue weighted by molar-refractivity contribution is 0.287. The highest BCUT2D eigenvalue weighted by molar-refractivity contribution is 6.33. The summed E-state index contributed by atoms with van der Waals surface area (Å²) in [4.78, 5) is 0. The van der Waals surface area contributed by atoms with E-state index in [-0.39, 0.29) is 5.75 Å². The summed E-state index contributed by atoms with van der Waals surface area (Å²) in [5.74, 6) is -0.400. The normalized spacial score (nSPS) is 9.36. The van der Waals surface area contributed by atoms with Gasteiger partial charge in [-0.15, -0.1) is 0 Å². The number of halogens is 1. The maximum Gasteiger partial charge on any atom is 0.707 e. The first kappa shape index (κ1) is 8.04. The Hall–Kier alpha value is -1.07. The largest absolute Gasteiger partial charge is 0.707 e. The fourth-order valence-corrected chi connectivity index (χ4v) is 0.662. The zero-order chi connectivity index (χ0) is 8.27. The smallest absolute Gasteiger partial charge is 0.512 e. The van der Waals surface area contributed by atoms with Crippen LogP contribution in [0.5, 0.6) is 5.75 Å². The van der Waals surface area contributed by atoms with Gasteiger partial charge in [-0.1, -0.05) is 6.07 Å². The molecular formula is C6H6BFO3. The van der Waals surface area contributed by atoms with Crippen molar-refractivity contribution in [2.45, 2.75) is 0 Å². The first-order chi connectivity index (χ1) is 5.18. The maximum atomic E-state index is 12.4. The SMILES string of the molecule is OB(O)Oc1cccc(F)c1. The van der Waals surface area contributed by atoms with E-state index in [0.29, 0.717) is 0 Å². The Bertz CT molecular complexity index is 241. The summed E-state index contributed by atoms with van der Waals surface area (Å²) in [6, 6.07) is 5.12. The second-order valence-electron chi connectivity index (χ2n) is 1.90. The van der Waals surface area contributed by atoms with Crippen molar-refractivity contribution in [3.63, 3.8) is 0 Å². The van der Waals surface area contributed by atoms with Crippen LogP contribution in [-0.2, 0) is 0 Å². The van der Waals surface area contributed by atoms with Crippen molar-refractivity contribution in [2.75, 3.05) is 0 Å². The molecule has 0 heterocycles. The van der Waals surface area contributed by atoms with Gasteiger partial charge in [-0.2, -0.15) is 0 Å². The average molecular weight is 156 g/mol. The maximum absolute atomic E-state index is 12.4. The summed E-state index contributed by atoms with van der Waals surface area (Å²) in [5, 5.41) is 16.6. The first-order valence-corrected chi connectivity index (χ1v) is 2.97. The van der Waals surface area contributed by atoms with Gasteiger partial charge in [0.1, 0.15) is 11.6 Å². The third kappa shape index (κ3) is 2.57. The van der Waals surface area contributed by atoms with Gasteiger partial charge in [0.2, 0.25) is 0 Å². The van der Waals surface area contributed by atoms with Crippen molar-refractivity contribution in [3.05, 3.63) is 30.1 Å². The molecule has 0 fully saturated rings. The van der Waals surface area contributed by atoms with Crippen molar-refractivity contribution in [3.8, 4) is 5.75 Å². The van der Waals surface area contributed by atoms with Crippen LogP contribution in [0.3, 0.4) is 0 Å². The van der Waals surface area contributed by atoms with E-state index >= 15 is 0 Å². The summed E-state index contributed by atoms with van der Waals surface area (Å²) in [6.45, 7) is 0. The molecule has 0 amide bonds. The summed E-state index contributed by atoms with van der Waals surface area (Å²) in [6.07, 6.45) is 0. The van der Waals surface area contributed by atoms with E-state index in [4.69, 9.17) is 10.0 Å². The van der Waals surface area contributed by atoms with Crippen LogP contribution in [-0.4, -0.2) is 17.4 Å². The molecule has 1 rings (SSSR count). The Kier molecular flexibility index (Phi) is 2.46. The van der Waals surface area contributed by atoms with Gasteiger partial charge in [0.25, 0.3) is 0 Å². The first-order valence-electron chi connectivity index (χ1n) is 2.97. The van der Waals surface area contributed by atoms with Gasteiger partial charge in [-0.3, -0.25) is 0 Å². The summed E-state index contributed by atoms with van der Waals surface area (Å²) >= 11 is 0. The molecule has 0 saturated carbocycles. The predicted molar refractivity (Wildman–Crippen MR) is 37.2 cm³/mol. The van der Waals surface area contributed by atoms with Gasteiger partial charge in [0.15, 0.2) is 0 Å². The third-order valence-corrected chi connectivity index (χ3v) is 1.04. The number of hydrogen-bond donors (Lipinski definition) is 2. The fourth-order valence-electron chi connectivity index (χ4n) is 0.662. The molecule has 0 aliphatic heterocycles. The Morgan fingerprint density at radius 2 is 2.09 bits per heavy atom. The molecule has 0 spiro atoms. The van der Waals surface area contributed by atoms with Crippen LogP contribution in [0.25, 0.3) is 0 Å². The minimum atomic E-state index is -1.91. The van der Waals surface area contributed by atoms with Crippen molar-refractivity contribution in [2.24, 2.45) is 0 Å². The highest BCUT2D eigenvalue weighted by Crippen LogP contribution is 2.11. The molecule has 3 nitrogen and oxygen atoms in total. The lowest BCUT2D eigenvalue weighted by Crippen LogP contribution is -2.20. The van der Waals surface area contributed by atoms with Gasteiger partial charge in [0.05, 0.1) is 0 Å². The van der Waals surface area contributed by atoms with Gasteiger partial charge in [0, 0.05) is 6.07 Å². The van der Waals surface area contributed by atoms with Crippen molar-refractivity contribution in [1.82, 2.24) is 0 Å². The molecule has 1 aromatic carbocycles. The van der Waals surface area contributed by atoms with Gasteiger partial charge >= 0.3 is 7.32 Å². The molecule has 5 heteroatoms. The van der Waals surface area contributed by atoms with E-state index < -0.39 is 13.1 Å². The van der Waals surface area contributed by atoms with E-state index in [2.05, 4.69) is 4.65 Å². The molecule has 58 valence electrons. The molecule has 0 aromatic heterocycles. The monoisotopic (exact) mass is 156 g/mol. The average Bonchev–Trinajstić information content (AvgIpc) is 1.85. The van der Waals surface area contributed by atoms with Crippen molar-refractivity contribution in [1.29, 1.82) is 0 Å². The van der Waals surface area contributed by atoms with Crippen molar-refractivity contribution < 1.29 is 19.1 Å². The number of rotatable bonds is 2. The van der Waals surface area contributed by atoms with E-state index in [1.54, 1.807) is 0 Å². The van der Waals surface area contributed by atoms with Gasteiger partial charge in [-0.25, -0.2) is 4.39 Å². The van der Waals surface area contributed by atoms with Gasteiger partial charge < -0.3 is 14.7 Å². The molecule has 0 bridgehead atoms. The zero-order valence-corrected chi connectivity index (χ0v) is 5.57. The predicted octanol–water partition coefficient (Wildman–Crippen LogP) is 0.174. The van der Waals surface area contributed by atoms with Crippen LogP contribution in [0, 0.1) is 5.82 Å². The molecule has 0 unspecified atom stereocenters. The fraction of sp³-hybridized carbons (Fsp3) is 0. The second-order valence-corrected chi connectivity index (χ2v) is 1.90. The van der Waals surface area contributed by atoms with Crippen LogP contribution >= 0.6 is 0 Å². The molecule has 0 radical (unpaired) electrons. The minimum Gasteiger partial charge on any atom is -0.512 e.